The molecule has 0 radical (unpaired) electrons. The van der Waals surface area contributed by atoms with E-state index in [0.29, 0.717) is 16.0 Å². The predicted molar refractivity (Wildman–Crippen MR) is 101 cm³/mol. The second kappa shape index (κ2) is 8.97. The molecule has 1 amide bonds. The Bertz CT molecular complexity index is 672. The van der Waals surface area contributed by atoms with Gasteiger partial charge in [0, 0.05) is 30.2 Å². The van der Waals surface area contributed by atoms with Gasteiger partial charge < -0.3 is 5.32 Å². The number of hydrogen-bond donors (Lipinski definition) is 1. The summed E-state index contributed by atoms with van der Waals surface area (Å²) in [7, 11) is -0.682. The second-order valence-electron chi connectivity index (χ2n) is 6.63. The van der Waals surface area contributed by atoms with Gasteiger partial charge in [0.2, 0.25) is 10.0 Å². The summed E-state index contributed by atoms with van der Waals surface area (Å²) in [4.78, 5) is 12.5. The summed E-state index contributed by atoms with van der Waals surface area (Å²) in [5.41, 5.74) is 0.342. The van der Waals surface area contributed by atoms with Gasteiger partial charge in [-0.15, -0.1) is 0 Å². The Morgan fingerprint density at radius 1 is 1.21 bits per heavy atom. The fourth-order valence-corrected chi connectivity index (χ4v) is 4.09. The van der Waals surface area contributed by atoms with E-state index < -0.39 is 10.0 Å². The summed E-state index contributed by atoms with van der Waals surface area (Å²) >= 11 is 3.24. The van der Waals surface area contributed by atoms with Crippen molar-refractivity contribution < 1.29 is 13.2 Å². The van der Waals surface area contributed by atoms with Gasteiger partial charge in [0.1, 0.15) is 0 Å². The minimum Gasteiger partial charge on any atom is -0.350 e. The van der Waals surface area contributed by atoms with Crippen LogP contribution >= 0.6 is 15.9 Å². The highest BCUT2D eigenvalue weighted by Gasteiger charge is 2.22. The number of benzene rings is 1. The smallest absolute Gasteiger partial charge is 0.251 e. The van der Waals surface area contributed by atoms with Crippen molar-refractivity contribution in [2.75, 3.05) is 14.1 Å². The molecule has 7 heteroatoms. The van der Waals surface area contributed by atoms with Gasteiger partial charge in [-0.25, -0.2) is 12.7 Å². The van der Waals surface area contributed by atoms with Gasteiger partial charge in [0.15, 0.2) is 0 Å². The highest BCUT2D eigenvalue weighted by atomic mass is 79.9. The third-order valence-electron chi connectivity index (χ3n) is 3.75. The molecule has 0 aliphatic carbocycles. The number of hydrogen-bond acceptors (Lipinski definition) is 3. The van der Waals surface area contributed by atoms with E-state index >= 15 is 0 Å². The molecule has 0 aliphatic rings. The molecular formula is C17H27BrN2O3S. The Morgan fingerprint density at radius 2 is 1.83 bits per heavy atom. The topological polar surface area (TPSA) is 66.5 Å². The van der Waals surface area contributed by atoms with Crippen LogP contribution in [0.1, 0.15) is 50.4 Å². The lowest BCUT2D eigenvalue weighted by Crippen LogP contribution is -2.32. The number of sulfonamides is 1. The molecule has 1 aromatic carbocycles. The van der Waals surface area contributed by atoms with E-state index in [2.05, 4.69) is 35.1 Å². The monoisotopic (exact) mass is 418 g/mol. The summed E-state index contributed by atoms with van der Waals surface area (Å²) < 4.78 is 26.2. The molecule has 0 saturated heterocycles. The molecule has 0 fully saturated rings. The first kappa shape index (κ1) is 21.1. The fraction of sp³-hybridized carbons (Fsp3) is 0.588. The zero-order valence-electron chi connectivity index (χ0n) is 15.0. The SMILES string of the molecule is CC(C)CCCC(C)NC(=O)c1ccc(Br)c(S(=O)(=O)N(C)C)c1. The van der Waals surface area contributed by atoms with Crippen molar-refractivity contribution in [2.45, 2.75) is 51.0 Å². The van der Waals surface area contributed by atoms with E-state index in [1.807, 2.05) is 6.92 Å². The van der Waals surface area contributed by atoms with Crippen molar-refractivity contribution >= 4 is 31.9 Å². The number of amides is 1. The minimum absolute atomic E-state index is 0.0498. The molecule has 0 heterocycles. The first-order valence-corrected chi connectivity index (χ1v) is 10.3. The van der Waals surface area contributed by atoms with Gasteiger partial charge in [-0.05, 0) is 53.4 Å². The van der Waals surface area contributed by atoms with E-state index in [9.17, 15) is 13.2 Å². The summed E-state index contributed by atoms with van der Waals surface area (Å²) in [6.45, 7) is 6.32. The van der Waals surface area contributed by atoms with E-state index in [1.165, 1.54) is 20.2 Å². The van der Waals surface area contributed by atoms with E-state index in [4.69, 9.17) is 0 Å². The van der Waals surface area contributed by atoms with Crippen LogP contribution in [0.4, 0.5) is 0 Å². The van der Waals surface area contributed by atoms with Crippen LogP contribution in [-0.2, 0) is 10.0 Å². The van der Waals surface area contributed by atoms with Crippen molar-refractivity contribution in [3.8, 4) is 0 Å². The van der Waals surface area contributed by atoms with Crippen LogP contribution in [0.15, 0.2) is 27.6 Å². The largest absolute Gasteiger partial charge is 0.350 e. The van der Waals surface area contributed by atoms with Crippen LogP contribution in [0.2, 0.25) is 0 Å². The van der Waals surface area contributed by atoms with Crippen molar-refractivity contribution in [3.05, 3.63) is 28.2 Å². The number of nitrogens with one attached hydrogen (secondary N) is 1. The number of carbonyl (C=O) groups is 1. The Hall–Kier alpha value is -0.920. The molecule has 0 spiro atoms. The number of halogens is 1. The molecule has 136 valence electrons. The number of carbonyl (C=O) groups excluding carboxylic acids is 1. The van der Waals surface area contributed by atoms with Crippen LogP contribution in [0.3, 0.4) is 0 Å². The maximum atomic E-state index is 12.4. The summed E-state index contributed by atoms with van der Waals surface area (Å²) in [5, 5.41) is 2.93. The normalized spacial score (nSPS) is 13.3. The lowest BCUT2D eigenvalue weighted by Gasteiger charge is -2.16. The summed E-state index contributed by atoms with van der Waals surface area (Å²) in [5.74, 6) is 0.396. The third kappa shape index (κ3) is 5.86. The van der Waals surface area contributed by atoms with Gasteiger partial charge in [0.05, 0.1) is 4.90 Å². The summed E-state index contributed by atoms with van der Waals surface area (Å²) in [6.07, 6.45) is 3.09. The highest BCUT2D eigenvalue weighted by molar-refractivity contribution is 9.10. The average molecular weight is 419 g/mol. The zero-order chi connectivity index (χ0) is 18.5. The maximum Gasteiger partial charge on any atom is 0.251 e. The Balaban J connectivity index is 2.86. The Labute approximate surface area is 154 Å². The van der Waals surface area contributed by atoms with Gasteiger partial charge in [0.25, 0.3) is 5.91 Å². The van der Waals surface area contributed by atoms with Crippen LogP contribution in [-0.4, -0.2) is 38.8 Å². The fourth-order valence-electron chi connectivity index (χ4n) is 2.25. The molecule has 1 N–H and O–H groups in total. The standard InChI is InChI=1S/C17H27BrN2O3S/c1-12(2)7-6-8-13(3)19-17(21)14-9-10-15(18)16(11-14)24(22,23)20(4)5/h9-13H,6-8H2,1-5H3,(H,19,21). The lowest BCUT2D eigenvalue weighted by molar-refractivity contribution is 0.0937. The van der Waals surface area contributed by atoms with Crippen molar-refractivity contribution in [1.29, 1.82) is 0 Å². The van der Waals surface area contributed by atoms with Crippen molar-refractivity contribution in [3.63, 3.8) is 0 Å². The molecule has 0 aromatic heterocycles. The quantitative estimate of drug-likeness (QED) is 0.700. The van der Waals surface area contributed by atoms with E-state index in [1.54, 1.807) is 12.1 Å². The molecule has 1 atom stereocenters. The van der Waals surface area contributed by atoms with Crippen LogP contribution < -0.4 is 5.32 Å². The number of nitrogens with zero attached hydrogens (tertiary/aromatic N) is 1. The molecule has 1 rings (SSSR count). The summed E-state index contributed by atoms with van der Waals surface area (Å²) in [6, 6.07) is 4.67. The van der Waals surface area contributed by atoms with Gasteiger partial charge in [-0.2, -0.15) is 0 Å². The Kier molecular flexibility index (Phi) is 7.89. The lowest BCUT2D eigenvalue weighted by atomic mass is 10.0. The average Bonchev–Trinajstić information content (AvgIpc) is 2.46. The maximum absolute atomic E-state index is 12.4. The molecule has 0 bridgehead atoms. The van der Waals surface area contributed by atoms with Crippen molar-refractivity contribution in [1.82, 2.24) is 9.62 Å². The number of rotatable bonds is 8. The molecule has 0 saturated carbocycles. The van der Waals surface area contributed by atoms with E-state index in [0.717, 1.165) is 23.6 Å². The van der Waals surface area contributed by atoms with Crippen LogP contribution in [0.5, 0.6) is 0 Å². The third-order valence-corrected chi connectivity index (χ3v) is 6.56. The van der Waals surface area contributed by atoms with Gasteiger partial charge >= 0.3 is 0 Å². The van der Waals surface area contributed by atoms with E-state index in [-0.39, 0.29) is 16.8 Å². The molecule has 5 nitrogen and oxygen atoms in total. The van der Waals surface area contributed by atoms with Crippen LogP contribution in [0, 0.1) is 5.92 Å². The molecule has 1 aromatic rings. The van der Waals surface area contributed by atoms with Gasteiger partial charge in [-0.3, -0.25) is 4.79 Å². The van der Waals surface area contributed by atoms with Crippen molar-refractivity contribution in [2.24, 2.45) is 5.92 Å². The van der Waals surface area contributed by atoms with Crippen LogP contribution in [0.25, 0.3) is 0 Å². The van der Waals surface area contributed by atoms with Gasteiger partial charge in [-0.1, -0.05) is 26.7 Å². The molecule has 0 aliphatic heterocycles. The first-order chi connectivity index (χ1) is 11.1. The molecule has 24 heavy (non-hydrogen) atoms. The first-order valence-electron chi connectivity index (χ1n) is 8.08. The molecule has 1 unspecified atom stereocenters. The molecular weight excluding hydrogens is 392 g/mol. The second-order valence-corrected chi connectivity index (χ2v) is 9.61. The highest BCUT2D eigenvalue weighted by Crippen LogP contribution is 2.25. The Morgan fingerprint density at radius 3 is 2.38 bits per heavy atom. The minimum atomic E-state index is -3.61. The zero-order valence-corrected chi connectivity index (χ0v) is 17.4. The predicted octanol–water partition coefficient (Wildman–Crippen LogP) is 3.64.